The summed E-state index contributed by atoms with van der Waals surface area (Å²) in [4.78, 5) is 4.54. The molecule has 0 unspecified atom stereocenters. The third kappa shape index (κ3) is 2.85. The summed E-state index contributed by atoms with van der Waals surface area (Å²) >= 11 is 18.3. The maximum Gasteiger partial charge on any atom is 0.0907 e. The molecule has 0 saturated carbocycles. The van der Waals surface area contributed by atoms with Crippen molar-refractivity contribution in [2.45, 2.75) is 20.3 Å². The van der Waals surface area contributed by atoms with Gasteiger partial charge in [0.15, 0.2) is 0 Å². The zero-order chi connectivity index (χ0) is 12.6. The molecule has 0 saturated heterocycles. The zero-order valence-electron chi connectivity index (χ0n) is 9.60. The summed E-state index contributed by atoms with van der Waals surface area (Å²) in [5.41, 5.74) is 1.68. The molecule has 90 valence electrons. The lowest BCUT2D eigenvalue weighted by atomic mass is 10.1. The second-order valence-electron chi connectivity index (χ2n) is 4.48. The van der Waals surface area contributed by atoms with Crippen molar-refractivity contribution in [1.82, 2.24) is 4.98 Å². The Kier molecular flexibility index (Phi) is 3.82. The van der Waals surface area contributed by atoms with Crippen molar-refractivity contribution >= 4 is 45.7 Å². The van der Waals surface area contributed by atoms with Gasteiger partial charge in [0.25, 0.3) is 0 Å². The molecule has 1 heterocycles. The van der Waals surface area contributed by atoms with E-state index in [1.807, 2.05) is 6.07 Å². The molecular weight excluding hydrogens is 277 g/mol. The van der Waals surface area contributed by atoms with E-state index in [1.165, 1.54) is 0 Å². The minimum atomic E-state index is 0.530. The van der Waals surface area contributed by atoms with Gasteiger partial charge in [0.1, 0.15) is 0 Å². The largest absolute Gasteiger partial charge is 0.251 e. The van der Waals surface area contributed by atoms with Crippen LogP contribution in [0.2, 0.25) is 15.1 Å². The zero-order valence-corrected chi connectivity index (χ0v) is 11.9. The minimum absolute atomic E-state index is 0.530. The molecule has 0 fully saturated rings. The number of nitrogens with zero attached hydrogens (tertiary/aromatic N) is 1. The molecule has 0 aliphatic carbocycles. The highest BCUT2D eigenvalue weighted by atomic mass is 35.5. The van der Waals surface area contributed by atoms with E-state index in [0.29, 0.717) is 21.0 Å². The molecule has 0 radical (unpaired) electrons. The van der Waals surface area contributed by atoms with Crippen molar-refractivity contribution in [2.75, 3.05) is 0 Å². The van der Waals surface area contributed by atoms with E-state index in [0.717, 1.165) is 23.0 Å². The molecule has 0 spiro atoms. The van der Waals surface area contributed by atoms with E-state index in [4.69, 9.17) is 34.8 Å². The van der Waals surface area contributed by atoms with Crippen molar-refractivity contribution in [1.29, 1.82) is 0 Å². The molecule has 1 aromatic carbocycles. The Morgan fingerprint density at radius 2 is 1.76 bits per heavy atom. The van der Waals surface area contributed by atoms with Gasteiger partial charge in [0, 0.05) is 16.1 Å². The van der Waals surface area contributed by atoms with Gasteiger partial charge >= 0.3 is 0 Å². The number of fused-ring (bicyclic) bond motifs is 1. The highest BCUT2D eigenvalue weighted by Crippen LogP contribution is 2.32. The van der Waals surface area contributed by atoms with Crippen LogP contribution in [-0.2, 0) is 6.42 Å². The highest BCUT2D eigenvalue weighted by molar-refractivity contribution is 6.41. The Morgan fingerprint density at radius 1 is 1.06 bits per heavy atom. The van der Waals surface area contributed by atoms with Gasteiger partial charge in [-0.2, -0.15) is 0 Å². The van der Waals surface area contributed by atoms with Crippen LogP contribution in [0.4, 0.5) is 0 Å². The first-order chi connectivity index (χ1) is 7.97. The van der Waals surface area contributed by atoms with Gasteiger partial charge in [-0.25, -0.2) is 0 Å². The summed E-state index contributed by atoms with van der Waals surface area (Å²) in [5.74, 6) is 0.530. The monoisotopic (exact) mass is 287 g/mol. The van der Waals surface area contributed by atoms with Crippen LogP contribution < -0.4 is 0 Å². The van der Waals surface area contributed by atoms with Gasteiger partial charge < -0.3 is 0 Å². The number of pyridine rings is 1. The molecular formula is C13H12Cl3N. The molecule has 2 rings (SSSR count). The number of hydrogen-bond donors (Lipinski definition) is 0. The molecule has 0 amide bonds. The number of benzene rings is 1. The second kappa shape index (κ2) is 5.01. The topological polar surface area (TPSA) is 12.9 Å². The summed E-state index contributed by atoms with van der Waals surface area (Å²) < 4.78 is 0. The fourth-order valence-corrected chi connectivity index (χ4v) is 2.59. The molecule has 2 aromatic rings. The molecule has 1 nitrogen and oxygen atoms in total. The fourth-order valence-electron chi connectivity index (χ4n) is 1.78. The van der Waals surface area contributed by atoms with E-state index in [9.17, 15) is 0 Å². The molecule has 1 aromatic heterocycles. The van der Waals surface area contributed by atoms with Crippen LogP contribution in [0.5, 0.6) is 0 Å². The number of aromatic nitrogens is 1. The van der Waals surface area contributed by atoms with Crippen molar-refractivity contribution in [3.63, 3.8) is 0 Å². The average Bonchev–Trinajstić information content (AvgIpc) is 2.19. The summed E-state index contributed by atoms with van der Waals surface area (Å²) in [6, 6.07) is 5.36. The molecule has 0 N–H and O–H groups in total. The van der Waals surface area contributed by atoms with Crippen LogP contribution in [0.15, 0.2) is 18.2 Å². The summed E-state index contributed by atoms with van der Waals surface area (Å²) in [6.07, 6.45) is 0.884. The van der Waals surface area contributed by atoms with Gasteiger partial charge in [-0.15, -0.1) is 0 Å². The van der Waals surface area contributed by atoms with Gasteiger partial charge in [-0.1, -0.05) is 48.7 Å². The first-order valence-electron chi connectivity index (χ1n) is 5.41. The van der Waals surface area contributed by atoms with Crippen LogP contribution >= 0.6 is 34.8 Å². The maximum absolute atomic E-state index is 6.23. The fraction of sp³-hybridized carbons (Fsp3) is 0.308. The van der Waals surface area contributed by atoms with E-state index >= 15 is 0 Å². The van der Waals surface area contributed by atoms with Crippen molar-refractivity contribution < 1.29 is 0 Å². The van der Waals surface area contributed by atoms with E-state index in [2.05, 4.69) is 18.8 Å². The Hall–Kier alpha value is -0.500. The summed E-state index contributed by atoms with van der Waals surface area (Å²) in [6.45, 7) is 4.28. The highest BCUT2D eigenvalue weighted by Gasteiger charge is 2.09. The van der Waals surface area contributed by atoms with Crippen molar-refractivity contribution in [3.05, 3.63) is 39.0 Å². The minimum Gasteiger partial charge on any atom is -0.251 e. The van der Waals surface area contributed by atoms with Crippen LogP contribution in [-0.4, -0.2) is 4.98 Å². The van der Waals surface area contributed by atoms with Crippen LogP contribution in [0, 0.1) is 5.92 Å². The first kappa shape index (κ1) is 12.9. The maximum atomic E-state index is 6.23. The lowest BCUT2D eigenvalue weighted by molar-refractivity contribution is 0.637. The van der Waals surface area contributed by atoms with Crippen LogP contribution in [0.25, 0.3) is 10.9 Å². The second-order valence-corrected chi connectivity index (χ2v) is 5.73. The average molecular weight is 289 g/mol. The van der Waals surface area contributed by atoms with Gasteiger partial charge in [0.05, 0.1) is 15.6 Å². The van der Waals surface area contributed by atoms with Gasteiger partial charge in [-0.3, -0.25) is 4.98 Å². The van der Waals surface area contributed by atoms with Gasteiger partial charge in [0.2, 0.25) is 0 Å². The third-order valence-electron chi connectivity index (χ3n) is 2.45. The number of hydrogen-bond acceptors (Lipinski definition) is 1. The SMILES string of the molecule is CC(C)Cc1cc(Cl)c2cc(Cl)cc(Cl)c2n1. The summed E-state index contributed by atoms with van der Waals surface area (Å²) in [5, 5.41) is 2.56. The van der Waals surface area contributed by atoms with Crippen LogP contribution in [0.3, 0.4) is 0 Å². The Bertz CT molecular complexity index is 564. The smallest absolute Gasteiger partial charge is 0.0907 e. The number of rotatable bonds is 2. The summed E-state index contributed by atoms with van der Waals surface area (Å²) in [7, 11) is 0. The molecule has 0 aliphatic heterocycles. The Labute approximate surface area is 116 Å². The van der Waals surface area contributed by atoms with Crippen molar-refractivity contribution in [3.8, 4) is 0 Å². The third-order valence-corrected chi connectivity index (χ3v) is 3.27. The first-order valence-corrected chi connectivity index (χ1v) is 6.55. The lowest BCUT2D eigenvalue weighted by Crippen LogP contribution is -1.98. The Balaban J connectivity index is 2.64. The molecule has 0 aliphatic rings. The molecule has 0 bridgehead atoms. The Morgan fingerprint density at radius 3 is 2.41 bits per heavy atom. The van der Waals surface area contributed by atoms with E-state index in [-0.39, 0.29) is 0 Å². The van der Waals surface area contributed by atoms with E-state index < -0.39 is 0 Å². The quantitative estimate of drug-likeness (QED) is 0.721. The van der Waals surface area contributed by atoms with Gasteiger partial charge in [-0.05, 0) is 30.5 Å². The predicted molar refractivity (Wildman–Crippen MR) is 75.3 cm³/mol. The molecule has 0 atom stereocenters. The normalized spacial score (nSPS) is 11.4. The van der Waals surface area contributed by atoms with E-state index in [1.54, 1.807) is 12.1 Å². The lowest BCUT2D eigenvalue weighted by Gasteiger charge is -2.09. The number of halogens is 3. The molecule has 17 heavy (non-hydrogen) atoms. The van der Waals surface area contributed by atoms with Crippen LogP contribution in [0.1, 0.15) is 19.5 Å². The predicted octanol–water partition coefficient (Wildman–Crippen LogP) is 5.39. The van der Waals surface area contributed by atoms with Crippen molar-refractivity contribution in [2.24, 2.45) is 5.92 Å². The standard InChI is InChI=1S/C13H12Cl3N/c1-7(2)3-9-6-11(15)10-4-8(14)5-12(16)13(10)17-9/h4-7H,3H2,1-2H3. The molecule has 4 heteroatoms.